The quantitative estimate of drug-likeness (QED) is 0.187. The van der Waals surface area contributed by atoms with E-state index >= 15 is 0 Å². The van der Waals surface area contributed by atoms with Crippen LogP contribution in [0.4, 0.5) is 5.69 Å². The SMILES string of the molecule is CC(C)CC(NC(=O)c1cc(N(Cc2ccccc2)Cc2ccccc2)ccc1CCC(=O)O)c1ccccc1. The van der Waals surface area contributed by atoms with E-state index in [1.807, 2.05) is 84.9 Å². The maximum Gasteiger partial charge on any atom is 0.303 e. The molecule has 0 bridgehead atoms. The molecule has 0 fully saturated rings. The van der Waals surface area contributed by atoms with Gasteiger partial charge in [-0.1, -0.05) is 111 Å². The number of nitrogens with zero attached hydrogens (tertiary/aromatic N) is 1. The summed E-state index contributed by atoms with van der Waals surface area (Å²) in [5.74, 6) is -0.682. The van der Waals surface area contributed by atoms with E-state index in [4.69, 9.17) is 0 Å². The lowest BCUT2D eigenvalue weighted by molar-refractivity contribution is -0.136. The fraction of sp³-hybridized carbons (Fsp3) is 0.257. The first-order chi connectivity index (χ1) is 19.4. The number of carboxylic acid groups (broad SMARTS) is 1. The van der Waals surface area contributed by atoms with Crippen molar-refractivity contribution in [1.29, 1.82) is 0 Å². The maximum absolute atomic E-state index is 13.9. The standard InChI is InChI=1S/C35H38N2O3/c1-26(2)22-33(30-16-10-5-11-17-30)36-35(40)32-23-31(20-18-29(32)19-21-34(38)39)37(24-27-12-6-3-7-13-27)25-28-14-8-4-9-15-28/h3-18,20,23,26,33H,19,21-22,24-25H2,1-2H3,(H,36,40)(H,38,39). The van der Waals surface area contributed by atoms with Crippen molar-refractivity contribution in [3.05, 3.63) is 137 Å². The first-order valence-corrected chi connectivity index (χ1v) is 13.9. The first-order valence-electron chi connectivity index (χ1n) is 13.9. The molecule has 0 aliphatic carbocycles. The number of aliphatic carboxylic acids is 1. The van der Waals surface area contributed by atoms with Gasteiger partial charge in [-0.2, -0.15) is 0 Å². The third kappa shape index (κ3) is 8.31. The number of aryl methyl sites for hydroxylation is 1. The molecule has 5 nitrogen and oxygen atoms in total. The summed E-state index contributed by atoms with van der Waals surface area (Å²) in [4.78, 5) is 27.6. The molecule has 0 aromatic heterocycles. The highest BCUT2D eigenvalue weighted by Gasteiger charge is 2.21. The fourth-order valence-electron chi connectivity index (χ4n) is 4.95. The Morgan fingerprint density at radius 3 is 1.85 bits per heavy atom. The van der Waals surface area contributed by atoms with Crippen LogP contribution >= 0.6 is 0 Å². The Hall–Kier alpha value is -4.38. The molecule has 0 heterocycles. The zero-order valence-corrected chi connectivity index (χ0v) is 23.3. The van der Waals surface area contributed by atoms with Gasteiger partial charge in [-0.25, -0.2) is 0 Å². The van der Waals surface area contributed by atoms with E-state index in [9.17, 15) is 14.7 Å². The van der Waals surface area contributed by atoms with Crippen LogP contribution in [0.25, 0.3) is 0 Å². The van der Waals surface area contributed by atoms with Crippen LogP contribution in [0.2, 0.25) is 0 Å². The second kappa shape index (κ2) is 14.1. The van der Waals surface area contributed by atoms with Crippen molar-refractivity contribution < 1.29 is 14.7 Å². The van der Waals surface area contributed by atoms with Crippen LogP contribution < -0.4 is 10.2 Å². The number of rotatable bonds is 13. The fourth-order valence-corrected chi connectivity index (χ4v) is 4.95. The highest BCUT2D eigenvalue weighted by atomic mass is 16.4. The van der Waals surface area contributed by atoms with Gasteiger partial charge in [0.05, 0.1) is 6.04 Å². The van der Waals surface area contributed by atoms with E-state index in [0.717, 1.165) is 23.2 Å². The van der Waals surface area contributed by atoms with Gasteiger partial charge in [0.1, 0.15) is 0 Å². The number of hydrogen-bond acceptors (Lipinski definition) is 3. The molecule has 1 atom stereocenters. The monoisotopic (exact) mass is 534 g/mol. The Kier molecular flexibility index (Phi) is 10.1. The van der Waals surface area contributed by atoms with E-state index in [2.05, 4.69) is 48.3 Å². The van der Waals surface area contributed by atoms with Crippen LogP contribution in [0.1, 0.15) is 65.3 Å². The average Bonchev–Trinajstić information content (AvgIpc) is 2.96. The molecule has 2 N–H and O–H groups in total. The number of carbonyl (C=O) groups is 2. The Balaban J connectivity index is 1.70. The number of anilines is 1. The predicted octanol–water partition coefficient (Wildman–Crippen LogP) is 7.43. The van der Waals surface area contributed by atoms with Crippen molar-refractivity contribution >= 4 is 17.6 Å². The molecular formula is C35H38N2O3. The largest absolute Gasteiger partial charge is 0.481 e. The van der Waals surface area contributed by atoms with Crippen molar-refractivity contribution in [3.63, 3.8) is 0 Å². The molecule has 4 rings (SSSR count). The van der Waals surface area contributed by atoms with Gasteiger partial charge in [-0.15, -0.1) is 0 Å². The zero-order valence-electron chi connectivity index (χ0n) is 23.3. The summed E-state index contributed by atoms with van der Waals surface area (Å²) < 4.78 is 0. The normalized spacial score (nSPS) is 11.7. The second-order valence-electron chi connectivity index (χ2n) is 10.6. The van der Waals surface area contributed by atoms with E-state index in [-0.39, 0.29) is 24.8 Å². The molecule has 4 aromatic rings. The van der Waals surface area contributed by atoms with Gasteiger partial charge in [-0.05, 0) is 53.1 Å². The van der Waals surface area contributed by atoms with Gasteiger partial charge < -0.3 is 15.3 Å². The highest BCUT2D eigenvalue weighted by molar-refractivity contribution is 5.97. The van der Waals surface area contributed by atoms with Gasteiger partial charge in [0.15, 0.2) is 0 Å². The Morgan fingerprint density at radius 1 is 0.775 bits per heavy atom. The number of carboxylic acids is 1. The van der Waals surface area contributed by atoms with Crippen LogP contribution in [0.5, 0.6) is 0 Å². The molecular weight excluding hydrogens is 496 g/mol. The van der Waals surface area contributed by atoms with Crippen LogP contribution in [0, 0.1) is 5.92 Å². The molecule has 5 heteroatoms. The molecule has 206 valence electrons. The van der Waals surface area contributed by atoms with Crippen molar-refractivity contribution in [2.45, 2.75) is 52.2 Å². The summed E-state index contributed by atoms with van der Waals surface area (Å²) in [5.41, 5.74) is 5.56. The molecule has 0 spiro atoms. The zero-order chi connectivity index (χ0) is 28.3. The Bertz CT molecular complexity index is 1330. The minimum absolute atomic E-state index is 0.0362. The molecule has 0 radical (unpaired) electrons. The van der Waals surface area contributed by atoms with Crippen molar-refractivity contribution in [2.75, 3.05) is 4.90 Å². The smallest absolute Gasteiger partial charge is 0.303 e. The lowest BCUT2D eigenvalue weighted by Crippen LogP contribution is -2.31. The minimum atomic E-state index is -0.882. The predicted molar refractivity (Wildman–Crippen MR) is 161 cm³/mol. The summed E-state index contributed by atoms with van der Waals surface area (Å²) in [7, 11) is 0. The maximum atomic E-state index is 13.9. The number of amides is 1. The highest BCUT2D eigenvalue weighted by Crippen LogP contribution is 2.27. The van der Waals surface area contributed by atoms with Crippen LogP contribution in [0.15, 0.2) is 109 Å². The average molecular weight is 535 g/mol. The molecule has 4 aromatic carbocycles. The van der Waals surface area contributed by atoms with Gasteiger partial charge in [0.25, 0.3) is 5.91 Å². The van der Waals surface area contributed by atoms with Crippen molar-refractivity contribution in [3.8, 4) is 0 Å². The summed E-state index contributed by atoms with van der Waals surface area (Å²) >= 11 is 0. The number of carbonyl (C=O) groups excluding carboxylic acids is 1. The first kappa shape index (κ1) is 28.6. The van der Waals surface area contributed by atoms with Crippen LogP contribution in [-0.2, 0) is 24.3 Å². The van der Waals surface area contributed by atoms with E-state index in [0.29, 0.717) is 24.6 Å². The molecule has 0 aliphatic rings. The van der Waals surface area contributed by atoms with Crippen molar-refractivity contribution in [1.82, 2.24) is 5.32 Å². The van der Waals surface area contributed by atoms with E-state index in [1.54, 1.807) is 0 Å². The molecule has 0 saturated heterocycles. The topological polar surface area (TPSA) is 69.6 Å². The third-order valence-electron chi connectivity index (χ3n) is 6.96. The lowest BCUT2D eigenvalue weighted by Gasteiger charge is -2.27. The summed E-state index contributed by atoms with van der Waals surface area (Å²) in [6.45, 7) is 5.63. The number of benzene rings is 4. The molecule has 1 unspecified atom stereocenters. The Morgan fingerprint density at radius 2 is 1.32 bits per heavy atom. The van der Waals surface area contributed by atoms with Gasteiger partial charge in [0.2, 0.25) is 0 Å². The third-order valence-corrected chi connectivity index (χ3v) is 6.96. The van der Waals surface area contributed by atoms with E-state index in [1.165, 1.54) is 11.1 Å². The lowest BCUT2D eigenvalue weighted by atomic mass is 9.95. The number of nitrogens with one attached hydrogen (secondary N) is 1. The summed E-state index contributed by atoms with van der Waals surface area (Å²) in [5, 5.41) is 12.6. The van der Waals surface area contributed by atoms with E-state index < -0.39 is 5.97 Å². The molecule has 0 saturated carbocycles. The molecule has 40 heavy (non-hydrogen) atoms. The van der Waals surface area contributed by atoms with Gasteiger partial charge >= 0.3 is 5.97 Å². The minimum Gasteiger partial charge on any atom is -0.481 e. The summed E-state index contributed by atoms with van der Waals surface area (Å²) in [6, 6.07) is 36.2. The van der Waals surface area contributed by atoms with Crippen LogP contribution in [-0.4, -0.2) is 17.0 Å². The molecule has 1 amide bonds. The van der Waals surface area contributed by atoms with Crippen molar-refractivity contribution in [2.24, 2.45) is 5.92 Å². The number of hydrogen-bond donors (Lipinski definition) is 2. The second-order valence-corrected chi connectivity index (χ2v) is 10.6. The van der Waals surface area contributed by atoms with Gasteiger partial charge in [0, 0.05) is 30.8 Å². The Labute approximate surface area is 237 Å². The van der Waals surface area contributed by atoms with Crippen LogP contribution in [0.3, 0.4) is 0 Å². The van der Waals surface area contributed by atoms with Gasteiger partial charge in [-0.3, -0.25) is 9.59 Å². The molecule has 0 aliphatic heterocycles. The summed E-state index contributed by atoms with van der Waals surface area (Å²) in [6.07, 6.45) is 1.05.